The lowest BCUT2D eigenvalue weighted by Crippen LogP contribution is -2.06. The summed E-state index contributed by atoms with van der Waals surface area (Å²) in [5, 5.41) is 0.564. The summed E-state index contributed by atoms with van der Waals surface area (Å²) >= 11 is 5.90. The van der Waals surface area contributed by atoms with Gasteiger partial charge in [-0.1, -0.05) is 17.7 Å². The summed E-state index contributed by atoms with van der Waals surface area (Å²) in [7, 11) is 2.25. The van der Waals surface area contributed by atoms with Crippen LogP contribution in [0.5, 0.6) is 5.75 Å². The van der Waals surface area contributed by atoms with E-state index in [1.165, 1.54) is 0 Å². The van der Waals surface area contributed by atoms with Crippen LogP contribution in [-0.2, 0) is 21.3 Å². The molecule has 5 heteroatoms. The average molecular weight is 263 g/mol. The molecule has 3 nitrogen and oxygen atoms in total. The first-order chi connectivity index (χ1) is 7.67. The van der Waals surface area contributed by atoms with E-state index in [2.05, 4.69) is 0 Å². The Morgan fingerprint density at radius 1 is 1.38 bits per heavy atom. The lowest BCUT2D eigenvalue weighted by Gasteiger charge is -2.06. The molecule has 0 spiro atoms. The van der Waals surface area contributed by atoms with Crippen molar-refractivity contribution < 1.29 is 13.7 Å². The third kappa shape index (κ3) is 4.12. The van der Waals surface area contributed by atoms with Crippen LogP contribution >= 0.6 is 11.6 Å². The minimum absolute atomic E-state index is 0.497. The van der Waals surface area contributed by atoms with Gasteiger partial charge in [0.05, 0.1) is 18.7 Å². The molecule has 0 aromatic heterocycles. The zero-order valence-corrected chi connectivity index (χ0v) is 10.9. The zero-order valence-electron chi connectivity index (χ0n) is 9.36. The van der Waals surface area contributed by atoms with E-state index >= 15 is 0 Å². The molecule has 90 valence electrons. The monoisotopic (exact) mass is 262 g/mol. The number of ether oxygens (including phenoxy) is 2. The molecule has 0 saturated carbocycles. The second-order valence-electron chi connectivity index (χ2n) is 3.25. The first-order valence-electron chi connectivity index (χ1n) is 4.83. The Bertz CT molecular complexity index is 368. The molecule has 0 saturated heterocycles. The maximum atomic E-state index is 11.6. The third-order valence-corrected chi connectivity index (χ3v) is 3.65. The molecule has 1 unspecified atom stereocenters. The van der Waals surface area contributed by atoms with Gasteiger partial charge < -0.3 is 9.47 Å². The Balaban J connectivity index is 2.63. The van der Waals surface area contributed by atoms with Crippen LogP contribution in [0.15, 0.2) is 18.2 Å². The predicted molar refractivity (Wildman–Crippen MR) is 66.6 cm³/mol. The number of methoxy groups -OCH3 is 2. The largest absolute Gasteiger partial charge is 0.495 e. The minimum Gasteiger partial charge on any atom is -0.495 e. The van der Waals surface area contributed by atoms with Gasteiger partial charge in [0.1, 0.15) is 5.75 Å². The molecule has 1 rings (SSSR count). The number of benzene rings is 1. The van der Waals surface area contributed by atoms with Crippen molar-refractivity contribution in [1.29, 1.82) is 0 Å². The molecule has 0 aliphatic heterocycles. The van der Waals surface area contributed by atoms with Crippen LogP contribution in [0.25, 0.3) is 0 Å². The number of halogens is 1. The molecule has 1 atom stereocenters. The summed E-state index contributed by atoms with van der Waals surface area (Å²) in [6, 6.07) is 5.42. The highest BCUT2D eigenvalue weighted by molar-refractivity contribution is 7.84. The molecule has 1 aromatic carbocycles. The van der Waals surface area contributed by atoms with Crippen LogP contribution in [0.1, 0.15) is 5.56 Å². The number of rotatable bonds is 6. The molecule has 1 aromatic rings. The topological polar surface area (TPSA) is 35.5 Å². The van der Waals surface area contributed by atoms with Crippen LogP contribution in [0.3, 0.4) is 0 Å². The highest BCUT2D eigenvalue weighted by atomic mass is 35.5. The van der Waals surface area contributed by atoms with E-state index in [0.717, 1.165) is 5.56 Å². The summed E-state index contributed by atoms with van der Waals surface area (Å²) in [4.78, 5) is 0. The quantitative estimate of drug-likeness (QED) is 0.789. The van der Waals surface area contributed by atoms with Crippen molar-refractivity contribution in [1.82, 2.24) is 0 Å². The normalized spacial score (nSPS) is 12.4. The van der Waals surface area contributed by atoms with Gasteiger partial charge in [-0.25, -0.2) is 0 Å². The van der Waals surface area contributed by atoms with Crippen molar-refractivity contribution in [2.75, 3.05) is 26.6 Å². The average Bonchev–Trinajstić information content (AvgIpc) is 2.29. The second-order valence-corrected chi connectivity index (χ2v) is 5.23. The predicted octanol–water partition coefficient (Wildman–Crippen LogP) is 2.24. The van der Waals surface area contributed by atoms with Gasteiger partial charge in [-0.3, -0.25) is 4.21 Å². The van der Waals surface area contributed by atoms with Gasteiger partial charge >= 0.3 is 0 Å². The Morgan fingerprint density at radius 3 is 2.75 bits per heavy atom. The zero-order chi connectivity index (χ0) is 12.0. The Kier molecular flexibility index (Phi) is 5.80. The summed E-state index contributed by atoms with van der Waals surface area (Å²) in [6.07, 6.45) is 0. The minimum atomic E-state index is -0.911. The fourth-order valence-electron chi connectivity index (χ4n) is 1.23. The number of hydrogen-bond acceptors (Lipinski definition) is 3. The van der Waals surface area contributed by atoms with Gasteiger partial charge in [0.2, 0.25) is 0 Å². The molecule has 0 bridgehead atoms. The van der Waals surface area contributed by atoms with Crippen LogP contribution in [0, 0.1) is 0 Å². The molecule has 0 radical (unpaired) electrons. The molecule has 0 aliphatic rings. The van der Waals surface area contributed by atoms with Crippen molar-refractivity contribution in [2.24, 2.45) is 0 Å². The first-order valence-corrected chi connectivity index (χ1v) is 6.70. The van der Waals surface area contributed by atoms with Crippen molar-refractivity contribution in [2.45, 2.75) is 5.75 Å². The molecule has 16 heavy (non-hydrogen) atoms. The highest BCUT2D eigenvalue weighted by Crippen LogP contribution is 2.25. The molecular weight excluding hydrogens is 248 g/mol. The van der Waals surface area contributed by atoms with Gasteiger partial charge in [0.25, 0.3) is 0 Å². The molecular formula is C11H15ClO3S. The molecule has 0 fully saturated rings. The van der Waals surface area contributed by atoms with Crippen molar-refractivity contribution in [3.8, 4) is 5.75 Å². The smallest absolute Gasteiger partial charge is 0.137 e. The molecule has 0 aliphatic carbocycles. The second kappa shape index (κ2) is 6.89. The van der Waals surface area contributed by atoms with Gasteiger partial charge in [-0.05, 0) is 17.7 Å². The summed E-state index contributed by atoms with van der Waals surface area (Å²) < 4.78 is 21.6. The van der Waals surface area contributed by atoms with Crippen molar-refractivity contribution in [3.05, 3.63) is 28.8 Å². The van der Waals surface area contributed by atoms with Crippen molar-refractivity contribution in [3.63, 3.8) is 0 Å². The Labute approximate surface area is 103 Å². The summed E-state index contributed by atoms with van der Waals surface area (Å²) in [5.41, 5.74) is 0.954. The standard InChI is InChI=1S/C11H15ClO3S/c1-14-5-6-16(13)8-9-3-4-10(12)11(7-9)15-2/h3-4,7H,5-6,8H2,1-2H3. The lowest BCUT2D eigenvalue weighted by atomic mass is 10.2. The number of hydrogen-bond donors (Lipinski definition) is 0. The van der Waals surface area contributed by atoms with Crippen LogP contribution in [0.4, 0.5) is 0 Å². The maximum absolute atomic E-state index is 11.6. The van der Waals surface area contributed by atoms with Crippen LogP contribution in [-0.4, -0.2) is 30.8 Å². The molecule has 0 amide bonds. The van der Waals surface area contributed by atoms with E-state index in [1.807, 2.05) is 12.1 Å². The van der Waals surface area contributed by atoms with E-state index in [0.29, 0.717) is 28.9 Å². The first kappa shape index (κ1) is 13.5. The van der Waals surface area contributed by atoms with Gasteiger partial charge in [-0.2, -0.15) is 0 Å². The van der Waals surface area contributed by atoms with Crippen LogP contribution in [0.2, 0.25) is 5.02 Å². The van der Waals surface area contributed by atoms with Crippen molar-refractivity contribution >= 4 is 22.4 Å². The Morgan fingerprint density at radius 2 is 2.12 bits per heavy atom. The summed E-state index contributed by atoms with van der Waals surface area (Å²) in [6.45, 7) is 0.511. The van der Waals surface area contributed by atoms with E-state index in [1.54, 1.807) is 20.3 Å². The molecule has 0 heterocycles. The van der Waals surface area contributed by atoms with Crippen LogP contribution < -0.4 is 4.74 Å². The third-order valence-electron chi connectivity index (χ3n) is 2.06. The van der Waals surface area contributed by atoms with E-state index in [9.17, 15) is 4.21 Å². The van der Waals surface area contributed by atoms with E-state index in [-0.39, 0.29) is 0 Å². The highest BCUT2D eigenvalue weighted by Gasteiger charge is 2.05. The lowest BCUT2D eigenvalue weighted by molar-refractivity contribution is 0.218. The fraction of sp³-hybridized carbons (Fsp3) is 0.455. The summed E-state index contributed by atoms with van der Waals surface area (Å²) in [5.74, 6) is 1.65. The van der Waals surface area contributed by atoms with Gasteiger partial charge in [0, 0.05) is 29.4 Å². The molecule has 0 N–H and O–H groups in total. The SMILES string of the molecule is COCCS(=O)Cc1ccc(Cl)c(OC)c1. The van der Waals surface area contributed by atoms with Gasteiger partial charge in [-0.15, -0.1) is 0 Å². The van der Waals surface area contributed by atoms with Gasteiger partial charge in [0.15, 0.2) is 0 Å². The Hall–Kier alpha value is -0.580. The maximum Gasteiger partial charge on any atom is 0.137 e. The fourth-order valence-corrected chi connectivity index (χ4v) is 2.47. The van der Waals surface area contributed by atoms with E-state index in [4.69, 9.17) is 21.1 Å². The van der Waals surface area contributed by atoms with E-state index < -0.39 is 10.8 Å².